The monoisotopic (exact) mass is 619 g/mol. The fourth-order valence-electron chi connectivity index (χ4n) is 4.92. The molecule has 0 amide bonds. The second-order valence-corrected chi connectivity index (χ2v) is 10.4. The Labute approximate surface area is 229 Å². The highest BCUT2D eigenvalue weighted by Gasteiger charge is 2.26. The van der Waals surface area contributed by atoms with Crippen LogP contribution in [-0.4, -0.2) is 39.5 Å². The molecule has 5 rings (SSSR count). The molecule has 0 saturated carbocycles. The third-order valence-corrected chi connectivity index (χ3v) is 7.63. The maximum Gasteiger partial charge on any atom is 0.329 e. The zero-order valence-electron chi connectivity index (χ0n) is 19.8. The van der Waals surface area contributed by atoms with Gasteiger partial charge in [-0.25, -0.2) is 9.18 Å². The molecule has 1 saturated heterocycles. The summed E-state index contributed by atoms with van der Waals surface area (Å²) in [4.78, 5) is 28.5. The van der Waals surface area contributed by atoms with E-state index in [1.807, 2.05) is 33.4 Å². The average Bonchev–Trinajstić information content (AvgIpc) is 3.15. The van der Waals surface area contributed by atoms with Crippen LogP contribution in [0.2, 0.25) is 0 Å². The van der Waals surface area contributed by atoms with Gasteiger partial charge in [0.05, 0.1) is 17.6 Å². The van der Waals surface area contributed by atoms with Gasteiger partial charge in [0.15, 0.2) is 5.78 Å². The Bertz CT molecular complexity index is 1390. The number of hydrogen-bond donors (Lipinski definition) is 0. The van der Waals surface area contributed by atoms with Gasteiger partial charge in [0, 0.05) is 28.1 Å². The average molecular weight is 620 g/mol. The molecule has 4 aromatic rings. The van der Waals surface area contributed by atoms with Gasteiger partial charge < -0.3 is 4.90 Å². The van der Waals surface area contributed by atoms with Gasteiger partial charge in [-0.1, -0.05) is 24.3 Å². The van der Waals surface area contributed by atoms with Crippen molar-refractivity contribution in [3.05, 3.63) is 104 Å². The van der Waals surface area contributed by atoms with Crippen molar-refractivity contribution in [2.75, 3.05) is 19.6 Å². The van der Waals surface area contributed by atoms with Gasteiger partial charge in [-0.3, -0.25) is 13.9 Å². The summed E-state index contributed by atoms with van der Waals surface area (Å²) in [5.74, 6) is -0.263. The van der Waals surface area contributed by atoms with E-state index >= 15 is 0 Å². The molecular formula is C28H28ClFIN3O2. The van der Waals surface area contributed by atoms with Gasteiger partial charge in [0.1, 0.15) is 5.82 Å². The third-order valence-electron chi connectivity index (χ3n) is 6.91. The first kappa shape index (κ1) is 26.6. The Hall–Kier alpha value is -2.49. The van der Waals surface area contributed by atoms with E-state index in [4.69, 9.17) is 0 Å². The molecule has 188 valence electrons. The van der Waals surface area contributed by atoms with Gasteiger partial charge in [0.2, 0.25) is 0 Å². The van der Waals surface area contributed by atoms with Crippen molar-refractivity contribution in [2.45, 2.75) is 25.9 Å². The molecule has 1 aromatic heterocycles. The minimum absolute atomic E-state index is 0. The van der Waals surface area contributed by atoms with Crippen molar-refractivity contribution >= 4 is 51.8 Å². The summed E-state index contributed by atoms with van der Waals surface area (Å²) in [5.41, 5.74) is 3.58. The first-order valence-corrected chi connectivity index (χ1v) is 13.0. The summed E-state index contributed by atoms with van der Waals surface area (Å²) < 4.78 is 18.1. The number of halogens is 3. The summed E-state index contributed by atoms with van der Waals surface area (Å²) in [5, 5.41) is 0. The predicted molar refractivity (Wildman–Crippen MR) is 152 cm³/mol. The maximum absolute atomic E-state index is 13.4. The highest BCUT2D eigenvalue weighted by atomic mass is 127. The van der Waals surface area contributed by atoms with E-state index in [9.17, 15) is 14.0 Å². The molecule has 0 spiro atoms. The van der Waals surface area contributed by atoms with E-state index in [1.165, 1.54) is 15.7 Å². The SMILES string of the molecule is Cl.O=C(c1ccc(F)cc1)C1CCN(CCn2c(=O)n(Cc3ccc(I)cc3)c3ccccc32)CC1. The molecule has 1 fully saturated rings. The Balaban J connectivity index is 0.00000304. The number of likely N-dealkylation sites (tertiary alicyclic amines) is 1. The zero-order chi connectivity index (χ0) is 24.4. The predicted octanol–water partition coefficient (Wildman–Crippen LogP) is 5.61. The summed E-state index contributed by atoms with van der Waals surface area (Å²) in [6.45, 7) is 3.53. The number of fused-ring (bicyclic) bond motifs is 1. The van der Waals surface area contributed by atoms with E-state index < -0.39 is 0 Å². The fraction of sp³-hybridized carbons (Fsp3) is 0.286. The van der Waals surface area contributed by atoms with Crippen LogP contribution in [0.5, 0.6) is 0 Å². The molecule has 3 aromatic carbocycles. The van der Waals surface area contributed by atoms with Crippen LogP contribution in [0.3, 0.4) is 0 Å². The van der Waals surface area contributed by atoms with Crippen LogP contribution in [0.1, 0.15) is 28.8 Å². The van der Waals surface area contributed by atoms with Crippen LogP contribution in [0.25, 0.3) is 11.0 Å². The number of piperidine rings is 1. The van der Waals surface area contributed by atoms with Crippen LogP contribution in [0, 0.1) is 15.3 Å². The number of para-hydroxylation sites is 2. The minimum Gasteiger partial charge on any atom is -0.302 e. The van der Waals surface area contributed by atoms with Crippen molar-refractivity contribution in [1.82, 2.24) is 14.0 Å². The number of benzene rings is 3. The minimum atomic E-state index is -0.327. The van der Waals surface area contributed by atoms with Crippen molar-refractivity contribution in [3.8, 4) is 0 Å². The second kappa shape index (κ2) is 11.7. The van der Waals surface area contributed by atoms with E-state index in [0.29, 0.717) is 18.7 Å². The first-order valence-electron chi connectivity index (χ1n) is 11.9. The second-order valence-electron chi connectivity index (χ2n) is 9.12. The van der Waals surface area contributed by atoms with Crippen LogP contribution >= 0.6 is 35.0 Å². The molecule has 0 radical (unpaired) electrons. The quantitative estimate of drug-likeness (QED) is 0.200. The molecule has 0 N–H and O–H groups in total. The largest absolute Gasteiger partial charge is 0.329 e. The number of imidazole rings is 1. The van der Waals surface area contributed by atoms with Gasteiger partial charge in [-0.15, -0.1) is 12.4 Å². The summed E-state index contributed by atoms with van der Waals surface area (Å²) in [7, 11) is 0. The molecule has 0 atom stereocenters. The van der Waals surface area contributed by atoms with Crippen molar-refractivity contribution < 1.29 is 9.18 Å². The number of Topliss-reactive ketones (excluding diaryl/α,β-unsaturated/α-hetero) is 1. The Kier molecular flexibility index (Phi) is 8.64. The summed E-state index contributed by atoms with van der Waals surface area (Å²) in [6.07, 6.45) is 1.55. The topological polar surface area (TPSA) is 47.2 Å². The fourth-order valence-corrected chi connectivity index (χ4v) is 5.28. The highest BCUT2D eigenvalue weighted by molar-refractivity contribution is 14.1. The van der Waals surface area contributed by atoms with Crippen molar-refractivity contribution in [2.24, 2.45) is 5.92 Å². The van der Waals surface area contributed by atoms with Crippen LogP contribution in [0.15, 0.2) is 77.6 Å². The third kappa shape index (κ3) is 5.74. The van der Waals surface area contributed by atoms with E-state index in [0.717, 1.165) is 49.1 Å². The van der Waals surface area contributed by atoms with Gasteiger partial charge in [-0.2, -0.15) is 0 Å². The van der Waals surface area contributed by atoms with Crippen LogP contribution < -0.4 is 5.69 Å². The lowest BCUT2D eigenvalue weighted by molar-refractivity contribution is 0.0837. The van der Waals surface area contributed by atoms with Crippen molar-refractivity contribution in [3.63, 3.8) is 0 Å². The Morgan fingerprint density at radius 2 is 1.47 bits per heavy atom. The number of hydrogen-bond acceptors (Lipinski definition) is 3. The lowest BCUT2D eigenvalue weighted by Gasteiger charge is -2.31. The number of carbonyl (C=O) groups excluding carboxylic acids is 1. The molecule has 0 aliphatic carbocycles. The maximum atomic E-state index is 13.4. The lowest BCUT2D eigenvalue weighted by atomic mass is 9.89. The van der Waals surface area contributed by atoms with Crippen LogP contribution in [0.4, 0.5) is 4.39 Å². The number of nitrogens with zero attached hydrogens (tertiary/aromatic N) is 3. The molecule has 36 heavy (non-hydrogen) atoms. The summed E-state index contributed by atoms with van der Waals surface area (Å²) >= 11 is 2.28. The molecule has 8 heteroatoms. The van der Waals surface area contributed by atoms with Crippen molar-refractivity contribution in [1.29, 1.82) is 0 Å². The highest BCUT2D eigenvalue weighted by Crippen LogP contribution is 2.22. The normalized spacial score (nSPS) is 14.6. The van der Waals surface area contributed by atoms with Gasteiger partial charge in [-0.05, 0) is 103 Å². The molecule has 0 unspecified atom stereocenters. The lowest BCUT2D eigenvalue weighted by Crippen LogP contribution is -2.39. The molecule has 1 aliphatic heterocycles. The molecule has 1 aliphatic rings. The van der Waals surface area contributed by atoms with Crippen LogP contribution in [-0.2, 0) is 13.1 Å². The number of ketones is 1. The standard InChI is InChI=1S/C28H27FIN3O2.ClH/c29-23-9-7-21(8-10-23)27(34)22-13-15-31(16-14-22)17-18-32-25-3-1-2-4-26(25)33(28(32)35)19-20-5-11-24(30)12-6-20;/h1-12,22H,13-19H2;1H. The van der Waals surface area contributed by atoms with E-state index in [2.05, 4.69) is 51.8 Å². The number of rotatable bonds is 7. The Morgan fingerprint density at radius 3 is 2.11 bits per heavy atom. The molecule has 0 bridgehead atoms. The first-order chi connectivity index (χ1) is 17.0. The Morgan fingerprint density at radius 1 is 0.861 bits per heavy atom. The molecule has 2 heterocycles. The zero-order valence-corrected chi connectivity index (χ0v) is 22.8. The summed E-state index contributed by atoms with van der Waals surface area (Å²) in [6, 6.07) is 22.0. The van der Waals surface area contributed by atoms with E-state index in [1.54, 1.807) is 12.1 Å². The van der Waals surface area contributed by atoms with Gasteiger partial charge in [0.25, 0.3) is 0 Å². The number of aromatic nitrogens is 2. The smallest absolute Gasteiger partial charge is 0.302 e. The van der Waals surface area contributed by atoms with E-state index in [-0.39, 0.29) is 35.6 Å². The number of carbonyl (C=O) groups is 1. The molecular weight excluding hydrogens is 592 g/mol. The molecule has 5 nitrogen and oxygen atoms in total. The van der Waals surface area contributed by atoms with Gasteiger partial charge >= 0.3 is 5.69 Å².